The average molecular weight is 295 g/mol. The number of carboxylic acid groups (broad SMARTS) is 1. The number of hydrogen-bond acceptors (Lipinski definition) is 2. The monoisotopic (exact) mass is 294 g/mol. The summed E-state index contributed by atoms with van der Waals surface area (Å²) in [5.41, 5.74) is 1.71. The molecule has 17 heavy (non-hydrogen) atoms. The highest BCUT2D eigenvalue weighted by Crippen LogP contribution is 2.19. The van der Waals surface area contributed by atoms with E-state index in [1.54, 1.807) is 4.68 Å². The molecule has 0 bridgehead atoms. The Hall–Kier alpha value is -1.62. The van der Waals surface area contributed by atoms with Crippen molar-refractivity contribution in [2.45, 2.75) is 12.8 Å². The Kier molecular flexibility index (Phi) is 3.58. The van der Waals surface area contributed by atoms with Gasteiger partial charge in [0, 0.05) is 12.6 Å². The van der Waals surface area contributed by atoms with E-state index in [9.17, 15) is 4.79 Å². The summed E-state index contributed by atoms with van der Waals surface area (Å²) in [6.07, 6.45) is 2.35. The highest BCUT2D eigenvalue weighted by Gasteiger charge is 2.09. The number of carbonyl (C=O) groups is 1. The fourth-order valence-electron chi connectivity index (χ4n) is 1.50. The smallest absolute Gasteiger partial charge is 0.303 e. The Morgan fingerprint density at radius 2 is 2.06 bits per heavy atom. The van der Waals surface area contributed by atoms with E-state index in [1.807, 2.05) is 36.5 Å². The van der Waals surface area contributed by atoms with Crippen molar-refractivity contribution in [3.05, 3.63) is 46.7 Å². The van der Waals surface area contributed by atoms with E-state index in [0.29, 0.717) is 6.42 Å². The van der Waals surface area contributed by atoms with Gasteiger partial charge in [0.25, 0.3) is 0 Å². The maximum Gasteiger partial charge on any atom is 0.303 e. The van der Waals surface area contributed by atoms with Gasteiger partial charge in [0.05, 0.1) is 22.3 Å². The van der Waals surface area contributed by atoms with Gasteiger partial charge in [-0.25, -0.2) is 4.68 Å². The lowest BCUT2D eigenvalue weighted by molar-refractivity contribution is -0.136. The van der Waals surface area contributed by atoms with Gasteiger partial charge in [-0.2, -0.15) is 5.10 Å². The van der Waals surface area contributed by atoms with Crippen molar-refractivity contribution >= 4 is 21.9 Å². The predicted octanol–water partition coefficient (Wildman–Crippen LogP) is 2.65. The number of para-hydroxylation sites is 1. The second-order valence-corrected chi connectivity index (χ2v) is 4.45. The van der Waals surface area contributed by atoms with E-state index in [-0.39, 0.29) is 6.42 Å². The minimum absolute atomic E-state index is 0.0877. The number of rotatable bonds is 4. The number of halogens is 1. The lowest BCUT2D eigenvalue weighted by Gasteiger charge is -1.99. The zero-order chi connectivity index (χ0) is 12.3. The van der Waals surface area contributed by atoms with E-state index in [1.165, 1.54) is 0 Å². The van der Waals surface area contributed by atoms with Crippen molar-refractivity contribution in [3.8, 4) is 5.69 Å². The summed E-state index contributed by atoms with van der Waals surface area (Å²) in [7, 11) is 0. The molecule has 0 aliphatic rings. The number of aliphatic carboxylic acids is 1. The van der Waals surface area contributed by atoms with E-state index in [2.05, 4.69) is 21.0 Å². The van der Waals surface area contributed by atoms with E-state index in [0.717, 1.165) is 15.9 Å². The van der Waals surface area contributed by atoms with Gasteiger partial charge in [-0.3, -0.25) is 4.79 Å². The zero-order valence-electron chi connectivity index (χ0n) is 9.01. The molecule has 1 aromatic heterocycles. The number of benzene rings is 1. The molecule has 0 fully saturated rings. The Bertz CT molecular complexity index is 523. The fourth-order valence-corrected chi connectivity index (χ4v) is 1.97. The Morgan fingerprint density at radius 3 is 2.71 bits per heavy atom. The SMILES string of the molecule is O=C(O)CCc1nn(-c2ccccc2)cc1Br. The van der Waals surface area contributed by atoms with Crippen molar-refractivity contribution < 1.29 is 9.90 Å². The van der Waals surface area contributed by atoms with Crippen LogP contribution in [0, 0.1) is 0 Å². The van der Waals surface area contributed by atoms with Crippen LogP contribution in [-0.2, 0) is 11.2 Å². The molecule has 0 aliphatic heterocycles. The molecule has 0 aliphatic carbocycles. The van der Waals surface area contributed by atoms with Gasteiger partial charge < -0.3 is 5.11 Å². The van der Waals surface area contributed by atoms with Crippen LogP contribution in [0.1, 0.15) is 12.1 Å². The molecule has 0 radical (unpaired) electrons. The Morgan fingerprint density at radius 1 is 1.35 bits per heavy atom. The van der Waals surface area contributed by atoms with Crippen LogP contribution in [0.5, 0.6) is 0 Å². The molecular formula is C12H11BrN2O2. The largest absolute Gasteiger partial charge is 0.481 e. The molecule has 4 nitrogen and oxygen atoms in total. The minimum Gasteiger partial charge on any atom is -0.481 e. The molecule has 0 saturated heterocycles. The summed E-state index contributed by atoms with van der Waals surface area (Å²) >= 11 is 3.39. The van der Waals surface area contributed by atoms with Gasteiger partial charge in [0.1, 0.15) is 0 Å². The molecular weight excluding hydrogens is 284 g/mol. The zero-order valence-corrected chi connectivity index (χ0v) is 10.6. The van der Waals surface area contributed by atoms with Crippen LogP contribution in [0.4, 0.5) is 0 Å². The van der Waals surface area contributed by atoms with E-state index >= 15 is 0 Å². The molecule has 5 heteroatoms. The van der Waals surface area contributed by atoms with Gasteiger partial charge >= 0.3 is 5.97 Å². The number of nitrogens with zero attached hydrogens (tertiary/aromatic N) is 2. The summed E-state index contributed by atoms with van der Waals surface area (Å²) in [5, 5.41) is 13.0. The van der Waals surface area contributed by atoms with Gasteiger partial charge in [-0.15, -0.1) is 0 Å². The number of aryl methyl sites for hydroxylation is 1. The van der Waals surface area contributed by atoms with Crippen molar-refractivity contribution in [2.24, 2.45) is 0 Å². The Labute approximate surface area is 107 Å². The van der Waals surface area contributed by atoms with E-state index < -0.39 is 5.97 Å². The van der Waals surface area contributed by atoms with Crippen LogP contribution >= 0.6 is 15.9 Å². The molecule has 1 heterocycles. The number of hydrogen-bond donors (Lipinski definition) is 1. The van der Waals surface area contributed by atoms with Crippen LogP contribution in [0.25, 0.3) is 5.69 Å². The maximum absolute atomic E-state index is 10.5. The molecule has 2 rings (SSSR count). The van der Waals surface area contributed by atoms with Crippen LogP contribution in [0.2, 0.25) is 0 Å². The van der Waals surface area contributed by atoms with Gasteiger partial charge in [0.15, 0.2) is 0 Å². The fraction of sp³-hybridized carbons (Fsp3) is 0.167. The molecule has 0 spiro atoms. The highest BCUT2D eigenvalue weighted by molar-refractivity contribution is 9.10. The molecule has 0 atom stereocenters. The van der Waals surface area contributed by atoms with E-state index in [4.69, 9.17) is 5.11 Å². The second kappa shape index (κ2) is 5.14. The summed E-state index contributed by atoms with van der Waals surface area (Å²) in [6, 6.07) is 9.69. The van der Waals surface area contributed by atoms with Crippen molar-refractivity contribution in [3.63, 3.8) is 0 Å². The van der Waals surface area contributed by atoms with Crippen molar-refractivity contribution in [1.29, 1.82) is 0 Å². The van der Waals surface area contributed by atoms with Crippen LogP contribution in [0.3, 0.4) is 0 Å². The topological polar surface area (TPSA) is 55.1 Å². The van der Waals surface area contributed by atoms with Gasteiger partial charge in [-0.05, 0) is 28.1 Å². The van der Waals surface area contributed by atoms with Crippen LogP contribution < -0.4 is 0 Å². The third-order valence-electron chi connectivity index (χ3n) is 2.34. The lowest BCUT2D eigenvalue weighted by atomic mass is 10.2. The third kappa shape index (κ3) is 2.94. The standard InChI is InChI=1S/C12H11BrN2O2/c13-10-8-15(9-4-2-1-3-5-9)14-11(10)6-7-12(16)17/h1-5,8H,6-7H2,(H,16,17). The first-order valence-electron chi connectivity index (χ1n) is 5.18. The molecule has 88 valence electrons. The van der Waals surface area contributed by atoms with Crippen molar-refractivity contribution in [1.82, 2.24) is 9.78 Å². The van der Waals surface area contributed by atoms with Crippen molar-refractivity contribution in [2.75, 3.05) is 0 Å². The molecule has 2 aromatic rings. The first-order chi connectivity index (χ1) is 8.16. The quantitative estimate of drug-likeness (QED) is 0.943. The van der Waals surface area contributed by atoms with Gasteiger partial charge in [-0.1, -0.05) is 18.2 Å². The lowest BCUT2D eigenvalue weighted by Crippen LogP contribution is -2.00. The number of aromatic nitrogens is 2. The molecule has 1 N–H and O–H groups in total. The first kappa shape index (κ1) is 11.9. The summed E-state index contributed by atoms with van der Waals surface area (Å²) in [4.78, 5) is 10.5. The van der Waals surface area contributed by atoms with Gasteiger partial charge in [0.2, 0.25) is 0 Å². The molecule has 0 amide bonds. The molecule has 0 saturated carbocycles. The number of carboxylic acids is 1. The summed E-state index contributed by atoms with van der Waals surface area (Å²) in [6.45, 7) is 0. The first-order valence-corrected chi connectivity index (χ1v) is 5.97. The predicted molar refractivity (Wildman–Crippen MR) is 67.2 cm³/mol. The Balaban J connectivity index is 2.22. The molecule has 1 aromatic carbocycles. The summed E-state index contributed by atoms with van der Waals surface area (Å²) < 4.78 is 2.57. The van der Waals surface area contributed by atoms with Crippen LogP contribution in [-0.4, -0.2) is 20.9 Å². The second-order valence-electron chi connectivity index (χ2n) is 3.60. The highest BCUT2D eigenvalue weighted by atomic mass is 79.9. The normalized spacial score (nSPS) is 10.4. The maximum atomic E-state index is 10.5. The third-order valence-corrected chi connectivity index (χ3v) is 3.00. The summed E-state index contributed by atoms with van der Waals surface area (Å²) in [5.74, 6) is -0.814. The average Bonchev–Trinajstić information content (AvgIpc) is 2.69. The van der Waals surface area contributed by atoms with Crippen LogP contribution in [0.15, 0.2) is 41.0 Å². The minimum atomic E-state index is -0.814. The molecule has 0 unspecified atom stereocenters.